The van der Waals surface area contributed by atoms with Crippen LogP contribution in [0, 0.1) is 0 Å². The van der Waals surface area contributed by atoms with E-state index in [0.29, 0.717) is 30.7 Å². The van der Waals surface area contributed by atoms with Gasteiger partial charge in [0, 0.05) is 11.4 Å². The summed E-state index contributed by atoms with van der Waals surface area (Å²) in [6, 6.07) is 9.28. The largest absolute Gasteiger partial charge is 0.479 e. The van der Waals surface area contributed by atoms with Crippen LogP contribution in [-0.2, 0) is 32.0 Å². The first kappa shape index (κ1) is 22.0. The Morgan fingerprint density at radius 2 is 2.00 bits per heavy atom. The lowest BCUT2D eigenvalue weighted by Crippen LogP contribution is -2.54. The molecule has 2 aromatic rings. The van der Waals surface area contributed by atoms with Crippen LogP contribution in [0.15, 0.2) is 41.8 Å². The number of amides is 1. The molecular weight excluding hydrogens is 404 g/mol. The van der Waals surface area contributed by atoms with E-state index in [2.05, 4.69) is 5.32 Å². The summed E-state index contributed by atoms with van der Waals surface area (Å²) < 4.78 is 4.90. The molecule has 3 atom stereocenters. The number of aliphatic carboxylic acids is 1. The zero-order valence-electron chi connectivity index (χ0n) is 17.0. The number of hydrogen-bond donors (Lipinski definition) is 2. The van der Waals surface area contributed by atoms with Crippen LogP contribution in [0.5, 0.6) is 0 Å². The SMILES string of the molecule is COC(=O)C(CCc1ccccc1)N[C@@H](C)C(=O)N1CCc2ccsc2C1C(=O)O. The van der Waals surface area contributed by atoms with E-state index in [1.807, 2.05) is 41.8 Å². The van der Waals surface area contributed by atoms with Crippen molar-refractivity contribution in [2.45, 2.75) is 44.3 Å². The van der Waals surface area contributed by atoms with Crippen molar-refractivity contribution in [2.75, 3.05) is 13.7 Å². The van der Waals surface area contributed by atoms with Crippen LogP contribution >= 0.6 is 11.3 Å². The zero-order valence-corrected chi connectivity index (χ0v) is 17.9. The molecule has 2 unspecified atom stereocenters. The molecule has 8 heteroatoms. The third-order valence-electron chi connectivity index (χ3n) is 5.35. The van der Waals surface area contributed by atoms with Crippen molar-refractivity contribution < 1.29 is 24.2 Å². The van der Waals surface area contributed by atoms with Gasteiger partial charge in [-0.25, -0.2) is 4.79 Å². The Morgan fingerprint density at radius 3 is 2.67 bits per heavy atom. The first-order chi connectivity index (χ1) is 14.4. The van der Waals surface area contributed by atoms with E-state index < -0.39 is 30.1 Å². The maximum Gasteiger partial charge on any atom is 0.331 e. The number of hydrogen-bond acceptors (Lipinski definition) is 6. The third-order valence-corrected chi connectivity index (χ3v) is 6.36. The molecule has 0 spiro atoms. The summed E-state index contributed by atoms with van der Waals surface area (Å²) in [4.78, 5) is 39.4. The average Bonchev–Trinajstić information content (AvgIpc) is 3.23. The summed E-state index contributed by atoms with van der Waals surface area (Å²) in [5.74, 6) is -1.83. The summed E-state index contributed by atoms with van der Waals surface area (Å²) in [7, 11) is 1.31. The summed E-state index contributed by atoms with van der Waals surface area (Å²) in [5, 5.41) is 14.7. The van der Waals surface area contributed by atoms with E-state index in [1.165, 1.54) is 23.3 Å². The molecule has 0 bridgehead atoms. The van der Waals surface area contributed by atoms with Gasteiger partial charge in [0.25, 0.3) is 0 Å². The number of carboxylic acids is 1. The molecule has 1 aromatic heterocycles. The van der Waals surface area contributed by atoms with Crippen LogP contribution in [0.3, 0.4) is 0 Å². The number of nitrogens with one attached hydrogen (secondary N) is 1. The summed E-state index contributed by atoms with van der Waals surface area (Å²) in [5.41, 5.74) is 2.06. The van der Waals surface area contributed by atoms with E-state index in [4.69, 9.17) is 4.74 Å². The molecule has 0 aliphatic carbocycles. The topological polar surface area (TPSA) is 95.9 Å². The van der Waals surface area contributed by atoms with Gasteiger partial charge < -0.3 is 14.7 Å². The van der Waals surface area contributed by atoms with Gasteiger partial charge in [-0.3, -0.25) is 14.9 Å². The average molecular weight is 431 g/mol. The number of thiophene rings is 1. The van der Waals surface area contributed by atoms with Crippen molar-refractivity contribution in [3.8, 4) is 0 Å². The number of carbonyl (C=O) groups is 3. The second kappa shape index (κ2) is 9.86. The van der Waals surface area contributed by atoms with Crippen LogP contribution in [0.4, 0.5) is 0 Å². The van der Waals surface area contributed by atoms with Gasteiger partial charge in [0.2, 0.25) is 5.91 Å². The minimum absolute atomic E-state index is 0.332. The van der Waals surface area contributed by atoms with Gasteiger partial charge in [0.15, 0.2) is 6.04 Å². The van der Waals surface area contributed by atoms with Gasteiger partial charge in [-0.1, -0.05) is 30.3 Å². The van der Waals surface area contributed by atoms with Crippen LogP contribution in [-0.4, -0.2) is 53.6 Å². The number of carbonyl (C=O) groups excluding carboxylic acids is 2. The van der Waals surface area contributed by atoms with E-state index in [0.717, 1.165) is 11.1 Å². The smallest absolute Gasteiger partial charge is 0.331 e. The first-order valence-electron chi connectivity index (χ1n) is 9.89. The Kier molecular flexibility index (Phi) is 7.23. The molecule has 0 fully saturated rings. The fourth-order valence-corrected chi connectivity index (χ4v) is 4.83. The lowest BCUT2D eigenvalue weighted by Gasteiger charge is -2.35. The number of rotatable bonds is 8. The molecule has 1 aromatic carbocycles. The number of nitrogens with zero attached hydrogens (tertiary/aromatic N) is 1. The van der Waals surface area contributed by atoms with Crippen LogP contribution < -0.4 is 5.32 Å². The predicted molar refractivity (Wildman–Crippen MR) is 113 cm³/mol. The number of fused-ring (bicyclic) bond motifs is 1. The van der Waals surface area contributed by atoms with Crippen molar-refractivity contribution in [2.24, 2.45) is 0 Å². The van der Waals surface area contributed by atoms with E-state index in [9.17, 15) is 19.5 Å². The molecule has 0 saturated heterocycles. The molecule has 7 nitrogen and oxygen atoms in total. The monoisotopic (exact) mass is 430 g/mol. The maximum atomic E-state index is 13.1. The minimum Gasteiger partial charge on any atom is -0.479 e. The van der Waals surface area contributed by atoms with Gasteiger partial charge in [-0.2, -0.15) is 0 Å². The Labute approximate surface area is 179 Å². The van der Waals surface area contributed by atoms with E-state index in [1.54, 1.807) is 6.92 Å². The van der Waals surface area contributed by atoms with Gasteiger partial charge >= 0.3 is 11.9 Å². The van der Waals surface area contributed by atoms with E-state index in [-0.39, 0.29) is 5.91 Å². The fourth-order valence-electron chi connectivity index (χ4n) is 3.78. The molecule has 2 heterocycles. The van der Waals surface area contributed by atoms with Crippen LogP contribution in [0.25, 0.3) is 0 Å². The molecule has 1 aliphatic heterocycles. The van der Waals surface area contributed by atoms with Crippen molar-refractivity contribution in [3.05, 3.63) is 57.8 Å². The number of ether oxygens (including phenoxy) is 1. The molecule has 0 radical (unpaired) electrons. The molecular formula is C22H26N2O5S. The fraction of sp³-hybridized carbons (Fsp3) is 0.409. The predicted octanol–water partition coefficient (Wildman–Crippen LogP) is 2.41. The van der Waals surface area contributed by atoms with Gasteiger partial charge in [0.1, 0.15) is 6.04 Å². The Hall–Kier alpha value is -2.71. The number of methoxy groups -OCH3 is 1. The van der Waals surface area contributed by atoms with E-state index >= 15 is 0 Å². The second-order valence-electron chi connectivity index (χ2n) is 7.32. The Balaban J connectivity index is 1.70. The number of benzene rings is 1. The quantitative estimate of drug-likeness (QED) is 0.625. The second-order valence-corrected chi connectivity index (χ2v) is 8.27. The minimum atomic E-state index is -1.05. The molecule has 3 rings (SSSR count). The Bertz CT molecular complexity index is 898. The van der Waals surface area contributed by atoms with Crippen molar-refractivity contribution in [1.29, 1.82) is 0 Å². The molecule has 160 valence electrons. The molecule has 0 saturated carbocycles. The lowest BCUT2D eigenvalue weighted by molar-refractivity contribution is -0.152. The highest BCUT2D eigenvalue weighted by Gasteiger charge is 2.39. The van der Waals surface area contributed by atoms with Gasteiger partial charge in [-0.05, 0) is 48.8 Å². The van der Waals surface area contributed by atoms with Crippen LogP contribution in [0.2, 0.25) is 0 Å². The molecule has 1 aliphatic rings. The number of carboxylic acid groups (broad SMARTS) is 1. The standard InChI is InChI=1S/C22H26N2O5S/c1-14(23-17(22(28)29-2)9-8-15-6-4-3-5-7-15)20(25)24-12-10-16-11-13-30-19(16)18(24)21(26)27/h3-7,11,13-14,17-18,23H,8-10,12H2,1-2H3,(H,26,27)/t14-,17?,18?/m0/s1. The first-order valence-corrected chi connectivity index (χ1v) is 10.8. The lowest BCUT2D eigenvalue weighted by atomic mass is 10.00. The van der Waals surface area contributed by atoms with Gasteiger partial charge in [0.05, 0.1) is 13.2 Å². The summed E-state index contributed by atoms with van der Waals surface area (Å²) >= 11 is 1.35. The normalized spacial score (nSPS) is 17.7. The van der Waals surface area contributed by atoms with Gasteiger partial charge in [-0.15, -0.1) is 11.3 Å². The van der Waals surface area contributed by atoms with Crippen molar-refractivity contribution in [1.82, 2.24) is 10.2 Å². The highest BCUT2D eigenvalue weighted by Crippen LogP contribution is 2.34. The van der Waals surface area contributed by atoms with Crippen molar-refractivity contribution >= 4 is 29.2 Å². The number of esters is 1. The summed E-state index contributed by atoms with van der Waals surface area (Å²) in [6.45, 7) is 1.99. The molecule has 2 N–H and O–H groups in total. The highest BCUT2D eigenvalue weighted by atomic mass is 32.1. The maximum absolute atomic E-state index is 13.1. The third kappa shape index (κ3) is 4.88. The highest BCUT2D eigenvalue weighted by molar-refractivity contribution is 7.10. The molecule has 30 heavy (non-hydrogen) atoms. The summed E-state index contributed by atoms with van der Waals surface area (Å²) in [6.07, 6.45) is 1.73. The zero-order chi connectivity index (χ0) is 21.7. The number of aryl methyl sites for hydroxylation is 1. The Morgan fingerprint density at radius 1 is 1.27 bits per heavy atom. The van der Waals surface area contributed by atoms with Crippen molar-refractivity contribution in [3.63, 3.8) is 0 Å². The molecule has 1 amide bonds. The van der Waals surface area contributed by atoms with Crippen LogP contribution in [0.1, 0.15) is 35.4 Å².